The van der Waals surface area contributed by atoms with Crippen LogP contribution in [0.1, 0.15) is 30.9 Å². The molecule has 98 valence electrons. The lowest BCUT2D eigenvalue weighted by Gasteiger charge is -2.04. The molecule has 0 spiro atoms. The fourth-order valence-electron chi connectivity index (χ4n) is 1.36. The summed E-state index contributed by atoms with van der Waals surface area (Å²) in [5.41, 5.74) is 12.4. The molecule has 0 aliphatic heterocycles. The van der Waals surface area contributed by atoms with Crippen LogP contribution in [0.25, 0.3) is 0 Å². The van der Waals surface area contributed by atoms with E-state index in [1.54, 1.807) is 6.21 Å². The fourth-order valence-corrected chi connectivity index (χ4v) is 1.36. The third-order valence-electron chi connectivity index (χ3n) is 2.24. The van der Waals surface area contributed by atoms with Gasteiger partial charge >= 0.3 is 0 Å². The number of hydrogen-bond donors (Lipinski definition) is 2. The van der Waals surface area contributed by atoms with Gasteiger partial charge in [-0.3, -0.25) is 0 Å². The van der Waals surface area contributed by atoms with Crippen molar-refractivity contribution in [3.63, 3.8) is 0 Å². The molecule has 0 heterocycles. The molecular formula is C13H20N4O. The minimum atomic E-state index is -0.0506. The summed E-state index contributed by atoms with van der Waals surface area (Å²) in [7, 11) is 0. The van der Waals surface area contributed by atoms with E-state index in [4.69, 9.17) is 16.2 Å². The van der Waals surface area contributed by atoms with Crippen LogP contribution in [0.2, 0.25) is 0 Å². The van der Waals surface area contributed by atoms with Gasteiger partial charge in [-0.25, -0.2) is 0 Å². The third kappa shape index (κ3) is 6.00. The normalized spacial score (nSPS) is 10.7. The summed E-state index contributed by atoms with van der Waals surface area (Å²) < 4.78 is 5.55. The third-order valence-corrected chi connectivity index (χ3v) is 2.24. The zero-order valence-electron chi connectivity index (χ0n) is 10.7. The van der Waals surface area contributed by atoms with E-state index in [-0.39, 0.29) is 5.96 Å². The molecule has 0 aliphatic rings. The standard InChI is InChI=1S/C13H20N4O/c1-2-3-7-18-10-12-6-4-5-11(8-12)9-16-17-13(14)15/h4-6,8-9H,2-3,7,10H2,1H3,(H4,14,15,17). The van der Waals surface area contributed by atoms with Gasteiger partial charge in [-0.05, 0) is 23.6 Å². The monoisotopic (exact) mass is 248 g/mol. The Balaban J connectivity index is 2.51. The Labute approximate surface area is 108 Å². The van der Waals surface area contributed by atoms with Gasteiger partial charge in [0, 0.05) is 6.61 Å². The van der Waals surface area contributed by atoms with Gasteiger partial charge in [-0.15, -0.1) is 5.10 Å². The molecule has 0 unspecified atom stereocenters. The van der Waals surface area contributed by atoms with Crippen molar-refractivity contribution in [2.24, 2.45) is 21.7 Å². The first-order chi connectivity index (χ1) is 8.72. The second-order valence-corrected chi connectivity index (χ2v) is 3.92. The summed E-state index contributed by atoms with van der Waals surface area (Å²) in [6.07, 6.45) is 3.84. The minimum absolute atomic E-state index is 0.0506. The first kappa shape index (κ1) is 14.2. The maximum atomic E-state index is 5.55. The molecule has 0 saturated carbocycles. The molecule has 1 rings (SSSR count). The Morgan fingerprint density at radius 2 is 2.22 bits per heavy atom. The molecule has 1 aromatic rings. The maximum Gasteiger partial charge on any atom is 0.211 e. The number of rotatable bonds is 7. The highest BCUT2D eigenvalue weighted by Crippen LogP contribution is 2.05. The molecule has 18 heavy (non-hydrogen) atoms. The second-order valence-electron chi connectivity index (χ2n) is 3.92. The zero-order chi connectivity index (χ0) is 13.2. The lowest BCUT2D eigenvalue weighted by Crippen LogP contribution is -2.21. The Morgan fingerprint density at radius 1 is 1.39 bits per heavy atom. The van der Waals surface area contributed by atoms with Gasteiger partial charge in [0.2, 0.25) is 5.96 Å². The number of hydrogen-bond acceptors (Lipinski definition) is 3. The maximum absolute atomic E-state index is 5.55. The average molecular weight is 248 g/mol. The first-order valence-electron chi connectivity index (χ1n) is 6.01. The van der Waals surface area contributed by atoms with E-state index >= 15 is 0 Å². The van der Waals surface area contributed by atoms with Gasteiger partial charge < -0.3 is 16.2 Å². The van der Waals surface area contributed by atoms with Crippen LogP contribution in [0.5, 0.6) is 0 Å². The van der Waals surface area contributed by atoms with E-state index in [0.29, 0.717) is 6.61 Å². The van der Waals surface area contributed by atoms with Crippen molar-refractivity contribution in [3.8, 4) is 0 Å². The summed E-state index contributed by atoms with van der Waals surface area (Å²) in [6.45, 7) is 3.55. The van der Waals surface area contributed by atoms with Crippen LogP contribution in [0.4, 0.5) is 0 Å². The largest absolute Gasteiger partial charge is 0.377 e. The molecule has 0 amide bonds. The van der Waals surface area contributed by atoms with E-state index in [2.05, 4.69) is 17.1 Å². The zero-order valence-corrected chi connectivity index (χ0v) is 10.7. The van der Waals surface area contributed by atoms with Crippen LogP contribution in [-0.2, 0) is 11.3 Å². The predicted octanol–water partition coefficient (Wildman–Crippen LogP) is 1.61. The summed E-state index contributed by atoms with van der Waals surface area (Å²) >= 11 is 0. The topological polar surface area (TPSA) is 86.0 Å². The van der Waals surface area contributed by atoms with Gasteiger partial charge in [0.1, 0.15) is 0 Å². The number of ether oxygens (including phenoxy) is 1. The van der Waals surface area contributed by atoms with Crippen molar-refractivity contribution in [1.29, 1.82) is 0 Å². The molecule has 0 aliphatic carbocycles. The highest BCUT2D eigenvalue weighted by atomic mass is 16.5. The van der Waals surface area contributed by atoms with Crippen LogP contribution < -0.4 is 11.5 Å². The lowest BCUT2D eigenvalue weighted by atomic mass is 10.1. The van der Waals surface area contributed by atoms with E-state index in [1.807, 2.05) is 24.3 Å². The van der Waals surface area contributed by atoms with Gasteiger partial charge in [0.25, 0.3) is 0 Å². The van der Waals surface area contributed by atoms with Crippen molar-refractivity contribution in [3.05, 3.63) is 35.4 Å². The molecule has 0 fully saturated rings. The molecule has 5 nitrogen and oxygen atoms in total. The summed E-state index contributed by atoms with van der Waals surface area (Å²) in [5.74, 6) is -0.0506. The number of benzene rings is 1. The number of guanidine groups is 1. The number of nitrogens with zero attached hydrogens (tertiary/aromatic N) is 2. The van der Waals surface area contributed by atoms with Crippen LogP contribution in [0, 0.1) is 0 Å². The van der Waals surface area contributed by atoms with Gasteiger partial charge in [-0.1, -0.05) is 31.5 Å². The Bertz CT molecular complexity index is 411. The summed E-state index contributed by atoms with van der Waals surface area (Å²) in [4.78, 5) is 0. The van der Waals surface area contributed by atoms with Crippen molar-refractivity contribution < 1.29 is 4.74 Å². The predicted molar refractivity (Wildman–Crippen MR) is 74.4 cm³/mol. The van der Waals surface area contributed by atoms with E-state index in [1.165, 1.54) is 0 Å². The molecule has 0 radical (unpaired) electrons. The SMILES string of the molecule is CCCCOCc1cccc(C=NN=C(N)N)c1. The van der Waals surface area contributed by atoms with Gasteiger partial charge in [0.05, 0.1) is 12.8 Å². The van der Waals surface area contributed by atoms with Crippen LogP contribution in [0.3, 0.4) is 0 Å². The Hall–Kier alpha value is -1.88. The van der Waals surface area contributed by atoms with E-state index < -0.39 is 0 Å². The van der Waals surface area contributed by atoms with Crippen LogP contribution >= 0.6 is 0 Å². The highest BCUT2D eigenvalue weighted by molar-refractivity contribution is 5.81. The van der Waals surface area contributed by atoms with Crippen LogP contribution in [-0.4, -0.2) is 18.8 Å². The molecule has 0 bridgehead atoms. The second kappa shape index (κ2) is 8.25. The molecule has 5 heteroatoms. The average Bonchev–Trinajstić information content (AvgIpc) is 2.35. The van der Waals surface area contributed by atoms with Gasteiger partial charge in [-0.2, -0.15) is 5.10 Å². The van der Waals surface area contributed by atoms with Crippen LogP contribution in [0.15, 0.2) is 34.5 Å². The smallest absolute Gasteiger partial charge is 0.211 e. The quantitative estimate of drug-likeness (QED) is 0.332. The Kier molecular flexibility index (Phi) is 6.50. The van der Waals surface area contributed by atoms with Crippen molar-refractivity contribution in [2.75, 3.05) is 6.61 Å². The number of nitrogens with two attached hydrogens (primary N) is 2. The lowest BCUT2D eigenvalue weighted by molar-refractivity contribution is 0.118. The molecule has 4 N–H and O–H groups in total. The molecular weight excluding hydrogens is 228 g/mol. The fraction of sp³-hybridized carbons (Fsp3) is 0.385. The molecule has 0 aromatic heterocycles. The van der Waals surface area contributed by atoms with Crippen molar-refractivity contribution in [1.82, 2.24) is 0 Å². The highest BCUT2D eigenvalue weighted by Gasteiger charge is 1.95. The number of unbranched alkanes of at least 4 members (excludes halogenated alkanes) is 1. The Morgan fingerprint density at radius 3 is 2.94 bits per heavy atom. The van der Waals surface area contributed by atoms with Crippen molar-refractivity contribution >= 4 is 12.2 Å². The first-order valence-corrected chi connectivity index (χ1v) is 6.01. The van der Waals surface area contributed by atoms with Crippen molar-refractivity contribution in [2.45, 2.75) is 26.4 Å². The molecule has 0 atom stereocenters. The molecule has 1 aromatic carbocycles. The minimum Gasteiger partial charge on any atom is -0.377 e. The summed E-state index contributed by atoms with van der Waals surface area (Å²) in [6, 6.07) is 7.90. The van der Waals surface area contributed by atoms with E-state index in [0.717, 1.165) is 30.6 Å². The van der Waals surface area contributed by atoms with E-state index in [9.17, 15) is 0 Å². The summed E-state index contributed by atoms with van der Waals surface area (Å²) in [5, 5.41) is 7.31. The van der Waals surface area contributed by atoms with Gasteiger partial charge in [0.15, 0.2) is 0 Å². The molecule has 0 saturated heterocycles.